The predicted octanol–water partition coefficient (Wildman–Crippen LogP) is 1.37. The molecule has 1 heterocycles. The molecule has 0 aromatic carbocycles. The van der Waals surface area contributed by atoms with E-state index < -0.39 is 33.1 Å². The van der Waals surface area contributed by atoms with Crippen LogP contribution in [0.1, 0.15) is 37.6 Å². The van der Waals surface area contributed by atoms with Gasteiger partial charge >= 0.3 is 11.9 Å². The Hall–Kier alpha value is -1.96. The number of hydrogen-bond donors (Lipinski definition) is 0. The first-order valence-corrected chi connectivity index (χ1v) is 8.19. The molecule has 0 amide bonds. The molecule has 1 aromatic rings. The number of sulfone groups is 1. The number of rotatable bonds is 5. The van der Waals surface area contributed by atoms with Gasteiger partial charge in [0.2, 0.25) is 0 Å². The van der Waals surface area contributed by atoms with Crippen LogP contribution in [0.2, 0.25) is 0 Å². The maximum Gasteiger partial charge on any atom is 0.340 e. The molecule has 0 saturated carbocycles. The fourth-order valence-corrected chi connectivity index (χ4v) is 2.58. The second-order valence-corrected chi connectivity index (χ2v) is 7.59. The van der Waals surface area contributed by atoms with E-state index in [1.807, 2.05) is 0 Å². The third-order valence-electron chi connectivity index (χ3n) is 2.49. The maximum atomic E-state index is 12.0. The van der Waals surface area contributed by atoms with Crippen molar-refractivity contribution in [1.82, 2.24) is 4.98 Å². The fraction of sp³-hybridized carbons (Fsp3) is 0.500. The normalized spacial score (nSPS) is 11.8. The van der Waals surface area contributed by atoms with Crippen LogP contribution < -0.4 is 0 Å². The Kier molecular flexibility index (Phi) is 5.65. The molecule has 0 aliphatic carbocycles. The average molecular weight is 329 g/mol. The highest BCUT2D eigenvalue weighted by Crippen LogP contribution is 2.14. The van der Waals surface area contributed by atoms with E-state index in [4.69, 9.17) is 4.74 Å². The molecule has 0 aliphatic heterocycles. The first-order valence-electron chi connectivity index (χ1n) is 6.54. The molecule has 0 N–H and O–H groups in total. The van der Waals surface area contributed by atoms with E-state index in [1.165, 1.54) is 19.2 Å². The van der Waals surface area contributed by atoms with Crippen molar-refractivity contribution in [2.24, 2.45) is 0 Å². The Labute approximate surface area is 129 Å². The van der Waals surface area contributed by atoms with Gasteiger partial charge in [-0.3, -0.25) is 4.79 Å². The Bertz CT molecular complexity index is 643. The van der Waals surface area contributed by atoms with Crippen LogP contribution >= 0.6 is 0 Å². The highest BCUT2D eigenvalue weighted by atomic mass is 32.2. The zero-order valence-electron chi connectivity index (χ0n) is 13.0. The van der Waals surface area contributed by atoms with Gasteiger partial charge in [-0.05, 0) is 32.9 Å². The summed E-state index contributed by atoms with van der Waals surface area (Å²) >= 11 is 0. The molecule has 0 fully saturated rings. The maximum absolute atomic E-state index is 12.0. The first-order chi connectivity index (χ1) is 10.0. The molecule has 0 atom stereocenters. The van der Waals surface area contributed by atoms with Crippen LogP contribution in [-0.2, 0) is 24.1 Å². The minimum absolute atomic E-state index is 0.154. The molecule has 0 unspecified atom stereocenters. The smallest absolute Gasteiger partial charge is 0.340 e. The third-order valence-corrected chi connectivity index (χ3v) is 4.11. The van der Waals surface area contributed by atoms with Crippen molar-refractivity contribution >= 4 is 21.8 Å². The summed E-state index contributed by atoms with van der Waals surface area (Å²) in [5, 5.41) is -0.205. The van der Waals surface area contributed by atoms with Crippen molar-refractivity contribution in [2.75, 3.05) is 12.9 Å². The van der Waals surface area contributed by atoms with Gasteiger partial charge in [-0.2, -0.15) is 0 Å². The Morgan fingerprint density at radius 1 is 1.23 bits per heavy atom. The van der Waals surface area contributed by atoms with Gasteiger partial charge in [0.05, 0.1) is 24.8 Å². The van der Waals surface area contributed by atoms with Crippen molar-refractivity contribution in [3.8, 4) is 0 Å². The monoisotopic (exact) mass is 329 g/mol. The average Bonchev–Trinajstić information content (AvgIpc) is 2.43. The summed E-state index contributed by atoms with van der Waals surface area (Å²) in [6, 6.07) is 2.54. The largest absolute Gasteiger partial charge is 0.469 e. The van der Waals surface area contributed by atoms with Gasteiger partial charge < -0.3 is 9.47 Å². The highest BCUT2D eigenvalue weighted by molar-refractivity contribution is 7.91. The number of carbonyl (C=O) groups is 2. The number of ether oxygens (including phenoxy) is 2. The molecule has 0 aliphatic rings. The van der Waals surface area contributed by atoms with E-state index in [-0.39, 0.29) is 17.0 Å². The summed E-state index contributed by atoms with van der Waals surface area (Å²) in [5.41, 5.74) is -0.496. The number of methoxy groups -OCH3 is 1. The van der Waals surface area contributed by atoms with Crippen LogP contribution in [0.15, 0.2) is 23.4 Å². The summed E-state index contributed by atoms with van der Waals surface area (Å²) < 4.78 is 33.5. The molecule has 22 heavy (non-hydrogen) atoms. The van der Waals surface area contributed by atoms with E-state index in [2.05, 4.69) is 9.72 Å². The van der Waals surface area contributed by atoms with Crippen molar-refractivity contribution in [1.29, 1.82) is 0 Å². The number of aromatic nitrogens is 1. The van der Waals surface area contributed by atoms with Crippen LogP contribution in [0.3, 0.4) is 0 Å². The van der Waals surface area contributed by atoms with E-state index in [0.717, 1.165) is 6.20 Å². The summed E-state index contributed by atoms with van der Waals surface area (Å²) in [5.74, 6) is -1.61. The van der Waals surface area contributed by atoms with Crippen molar-refractivity contribution < 1.29 is 27.5 Å². The molecule has 7 nitrogen and oxygen atoms in total. The Morgan fingerprint density at radius 2 is 1.86 bits per heavy atom. The van der Waals surface area contributed by atoms with Gasteiger partial charge in [-0.15, -0.1) is 0 Å². The van der Waals surface area contributed by atoms with Gasteiger partial charge in [0.25, 0.3) is 0 Å². The minimum atomic E-state index is -3.71. The van der Waals surface area contributed by atoms with Crippen LogP contribution in [0, 0.1) is 0 Å². The van der Waals surface area contributed by atoms with E-state index >= 15 is 0 Å². The second kappa shape index (κ2) is 6.87. The number of nitrogens with zero attached hydrogens (tertiary/aromatic N) is 1. The molecular weight excluding hydrogens is 310 g/mol. The second-order valence-electron chi connectivity index (χ2n) is 5.53. The van der Waals surface area contributed by atoms with Crippen LogP contribution in [0.4, 0.5) is 0 Å². The summed E-state index contributed by atoms with van der Waals surface area (Å²) in [6.07, 6.45) is 0.882. The first kappa shape index (κ1) is 18.1. The third kappa shape index (κ3) is 5.44. The SMILES string of the molecule is COC(=O)CCS(=O)(=O)c1ccc(C(=O)OC(C)(C)C)cn1. The number of carbonyl (C=O) groups excluding carboxylic acids is 2. The van der Waals surface area contributed by atoms with Crippen LogP contribution in [-0.4, -0.2) is 43.8 Å². The molecule has 8 heteroatoms. The quantitative estimate of drug-likeness (QED) is 0.752. The summed E-state index contributed by atoms with van der Waals surface area (Å²) in [4.78, 5) is 26.6. The zero-order valence-corrected chi connectivity index (χ0v) is 13.8. The number of hydrogen-bond acceptors (Lipinski definition) is 7. The Morgan fingerprint density at radius 3 is 2.32 bits per heavy atom. The minimum Gasteiger partial charge on any atom is -0.469 e. The standard InChI is InChI=1S/C14H19NO6S/c1-14(2,3)21-13(17)10-5-6-11(15-9-10)22(18,19)8-7-12(16)20-4/h5-6,9H,7-8H2,1-4H3. The topological polar surface area (TPSA) is 99.6 Å². The van der Waals surface area contributed by atoms with Crippen LogP contribution in [0.5, 0.6) is 0 Å². The van der Waals surface area contributed by atoms with Crippen molar-refractivity contribution in [2.45, 2.75) is 37.8 Å². The lowest BCUT2D eigenvalue weighted by Crippen LogP contribution is -2.24. The molecular formula is C14H19NO6S. The molecule has 122 valence electrons. The number of esters is 2. The highest BCUT2D eigenvalue weighted by Gasteiger charge is 2.21. The van der Waals surface area contributed by atoms with E-state index in [0.29, 0.717) is 0 Å². The van der Waals surface area contributed by atoms with Gasteiger partial charge in [-0.1, -0.05) is 0 Å². The molecule has 0 saturated heterocycles. The zero-order chi connectivity index (χ0) is 17.0. The van der Waals surface area contributed by atoms with Crippen molar-refractivity contribution in [3.63, 3.8) is 0 Å². The van der Waals surface area contributed by atoms with Crippen LogP contribution in [0.25, 0.3) is 0 Å². The molecule has 1 aromatic heterocycles. The van der Waals surface area contributed by atoms with Crippen molar-refractivity contribution in [3.05, 3.63) is 23.9 Å². The molecule has 0 bridgehead atoms. The van der Waals surface area contributed by atoms with Gasteiger partial charge in [0, 0.05) is 6.20 Å². The summed E-state index contributed by atoms with van der Waals surface area (Å²) in [6.45, 7) is 5.18. The number of pyridine rings is 1. The van der Waals surface area contributed by atoms with Gasteiger partial charge in [0.15, 0.2) is 14.9 Å². The summed E-state index contributed by atoms with van der Waals surface area (Å²) in [7, 11) is -2.52. The lowest BCUT2D eigenvalue weighted by molar-refractivity contribution is -0.140. The predicted molar refractivity (Wildman–Crippen MR) is 78.1 cm³/mol. The van der Waals surface area contributed by atoms with E-state index in [9.17, 15) is 18.0 Å². The fourth-order valence-electron chi connectivity index (χ4n) is 1.45. The lowest BCUT2D eigenvalue weighted by Gasteiger charge is -2.19. The lowest BCUT2D eigenvalue weighted by atomic mass is 10.2. The van der Waals surface area contributed by atoms with Gasteiger partial charge in [0.1, 0.15) is 5.60 Å². The van der Waals surface area contributed by atoms with E-state index in [1.54, 1.807) is 20.8 Å². The molecule has 1 rings (SSSR count). The Balaban J connectivity index is 2.84. The molecule has 0 radical (unpaired) electrons. The van der Waals surface area contributed by atoms with Gasteiger partial charge in [-0.25, -0.2) is 18.2 Å². The molecule has 0 spiro atoms.